The van der Waals surface area contributed by atoms with Gasteiger partial charge in [-0.25, -0.2) is 0 Å². The molecule has 144 valence electrons. The van der Waals surface area contributed by atoms with Crippen LogP contribution in [0.25, 0.3) is 0 Å². The quantitative estimate of drug-likeness (QED) is 0.580. The lowest BCUT2D eigenvalue weighted by atomic mass is 9.81. The Morgan fingerprint density at radius 2 is 1.88 bits per heavy atom. The highest BCUT2D eigenvalue weighted by atomic mass is 31.2. The van der Waals surface area contributed by atoms with Gasteiger partial charge in [0.1, 0.15) is 0 Å². The van der Waals surface area contributed by atoms with Crippen molar-refractivity contribution in [3.8, 4) is 0 Å². The highest BCUT2D eigenvalue weighted by Crippen LogP contribution is 2.45. The largest absolute Gasteiger partial charge is 0.808 e. The number of amides is 1. The van der Waals surface area contributed by atoms with Crippen molar-refractivity contribution >= 4 is 13.5 Å². The second-order valence-corrected chi connectivity index (χ2v) is 7.37. The zero-order valence-corrected chi connectivity index (χ0v) is 16.8. The summed E-state index contributed by atoms with van der Waals surface area (Å²) >= 11 is 0. The van der Waals surface area contributed by atoms with Crippen LogP contribution in [0, 0.1) is 5.92 Å². The molecule has 3 atom stereocenters. The van der Waals surface area contributed by atoms with Crippen molar-refractivity contribution in [2.45, 2.75) is 59.0 Å². The molecule has 0 saturated carbocycles. The van der Waals surface area contributed by atoms with E-state index in [9.17, 15) is 19.1 Å². The number of carbonyl (C=O) groups excluding carboxylic acids is 1. The molecule has 24 heavy (non-hydrogen) atoms. The molecule has 0 spiro atoms. The normalized spacial score (nSPS) is 22.0. The minimum atomic E-state index is -4.68. The molecule has 0 fully saturated rings. The van der Waals surface area contributed by atoms with Crippen LogP contribution in [0.1, 0.15) is 47.0 Å². The molecule has 0 radical (unpaired) electrons. The number of carbonyl (C=O) groups is 1. The molecule has 0 aromatic heterocycles. The Bertz CT molecular complexity index is 462. The van der Waals surface area contributed by atoms with Crippen molar-refractivity contribution in [1.29, 1.82) is 0 Å². The van der Waals surface area contributed by atoms with E-state index in [1.807, 2.05) is 20.8 Å². The topological polar surface area (TPSA) is 169 Å². The second-order valence-electron chi connectivity index (χ2n) is 5.80. The van der Waals surface area contributed by atoms with E-state index in [-0.39, 0.29) is 47.9 Å². The summed E-state index contributed by atoms with van der Waals surface area (Å²) in [5.74, 6) is 0.0299. The third kappa shape index (κ3) is 6.63. The molecule has 0 aromatic carbocycles. The lowest BCUT2D eigenvalue weighted by Gasteiger charge is -2.46. The number of nitrogens with zero attached hydrogens (tertiary/aromatic N) is 1. The number of allylic oxidation sites excluding steroid dienone is 1. The number of hydrogen-bond donors (Lipinski definition) is 3. The van der Waals surface area contributed by atoms with Gasteiger partial charge in [0.15, 0.2) is 0 Å². The lowest BCUT2D eigenvalue weighted by molar-refractivity contribution is -0.310. The van der Waals surface area contributed by atoms with Crippen LogP contribution in [0.15, 0.2) is 11.4 Å². The lowest BCUT2D eigenvalue weighted by Crippen LogP contribution is -2.51. The maximum Gasteiger partial charge on any atom is 0.217 e. The van der Waals surface area contributed by atoms with Crippen molar-refractivity contribution in [3.63, 3.8) is 0 Å². The third-order valence-electron chi connectivity index (χ3n) is 4.52. The van der Waals surface area contributed by atoms with Gasteiger partial charge in [0.25, 0.3) is 0 Å². The molecule has 1 aliphatic rings. The van der Waals surface area contributed by atoms with Gasteiger partial charge in [0.2, 0.25) is 5.91 Å². The average molecular weight is 366 g/mol. The van der Waals surface area contributed by atoms with Crippen molar-refractivity contribution < 1.29 is 19.1 Å². The fourth-order valence-corrected chi connectivity index (χ4v) is 4.14. The average Bonchev–Trinajstić information content (AvgIpc) is 2.45. The molecule has 1 rings (SSSR count). The van der Waals surface area contributed by atoms with E-state index < -0.39 is 7.60 Å². The fraction of sp³-hybridized carbons (Fsp3) is 0.800. The number of nitrogens with one attached hydrogen (secondary N) is 1. The smallest absolute Gasteiger partial charge is 0.217 e. The van der Waals surface area contributed by atoms with Gasteiger partial charge in [0.05, 0.1) is 0 Å². The molecule has 0 bridgehead atoms. The zero-order valence-electron chi connectivity index (χ0n) is 15.9. The SMILES string of the molecule is CC[C@H](NC(C)=O)[C@@H]1CC=C(P(=O)([O-])[O-])C[C@@H]1N(CC)CC.[NH4+].[NH4+]. The Balaban J connectivity index is 0. The van der Waals surface area contributed by atoms with Crippen LogP contribution in [-0.4, -0.2) is 36.0 Å². The van der Waals surface area contributed by atoms with Gasteiger partial charge in [0, 0.05) is 19.0 Å². The number of rotatable bonds is 7. The summed E-state index contributed by atoms with van der Waals surface area (Å²) in [6.07, 6.45) is 3.07. The van der Waals surface area contributed by atoms with Crippen molar-refractivity contribution in [2.75, 3.05) is 13.1 Å². The maximum absolute atomic E-state index is 11.4. The molecule has 0 unspecified atom stereocenters. The van der Waals surface area contributed by atoms with Crippen LogP contribution in [0.3, 0.4) is 0 Å². The summed E-state index contributed by atoms with van der Waals surface area (Å²) in [5.41, 5.74) is 0. The Kier molecular flexibility index (Phi) is 11.6. The Labute approximate surface area is 145 Å². The van der Waals surface area contributed by atoms with Crippen LogP contribution in [0.2, 0.25) is 0 Å². The number of quaternary nitrogens is 2. The van der Waals surface area contributed by atoms with Gasteiger partial charge in [-0.3, -0.25) is 4.79 Å². The van der Waals surface area contributed by atoms with E-state index in [2.05, 4.69) is 10.2 Å². The molecule has 9 N–H and O–H groups in total. The van der Waals surface area contributed by atoms with Crippen LogP contribution < -0.4 is 27.4 Å². The summed E-state index contributed by atoms with van der Waals surface area (Å²) < 4.78 is 11.4. The first kappa shape index (κ1) is 25.5. The molecule has 9 heteroatoms. The van der Waals surface area contributed by atoms with Gasteiger partial charge >= 0.3 is 0 Å². The molecule has 0 aliphatic heterocycles. The minimum absolute atomic E-state index is 0. The summed E-state index contributed by atoms with van der Waals surface area (Å²) in [6.45, 7) is 9.10. The van der Waals surface area contributed by atoms with E-state index in [1.54, 1.807) is 6.08 Å². The van der Waals surface area contributed by atoms with Crippen molar-refractivity contribution in [1.82, 2.24) is 22.5 Å². The highest BCUT2D eigenvalue weighted by molar-refractivity contribution is 7.53. The van der Waals surface area contributed by atoms with Crippen LogP contribution >= 0.6 is 7.60 Å². The van der Waals surface area contributed by atoms with Gasteiger partial charge in [-0.2, -0.15) is 0 Å². The van der Waals surface area contributed by atoms with Crippen LogP contribution in [0.4, 0.5) is 0 Å². The van der Waals surface area contributed by atoms with Crippen LogP contribution in [-0.2, 0) is 9.36 Å². The van der Waals surface area contributed by atoms with E-state index in [0.717, 1.165) is 19.5 Å². The monoisotopic (exact) mass is 366 g/mol. The van der Waals surface area contributed by atoms with Gasteiger partial charge in [-0.1, -0.05) is 26.8 Å². The standard InChI is InChI=1S/C15H29N2O4P.2H3N/c1-5-14(16-11(4)18)13-9-8-12(22(19,20)21)10-15(13)17(6-2)7-3;;/h8,13-15H,5-7,9-10H2,1-4H3,(H,16,18)(H2,19,20,21);2*1H3/t13-,14-,15-;;/m0../s1. The first-order valence-corrected chi connectivity index (χ1v) is 9.51. The first-order chi connectivity index (χ1) is 10.2. The molecule has 0 aromatic rings. The van der Waals surface area contributed by atoms with Crippen LogP contribution in [0.5, 0.6) is 0 Å². The maximum atomic E-state index is 11.4. The first-order valence-electron chi connectivity index (χ1n) is 7.97. The summed E-state index contributed by atoms with van der Waals surface area (Å²) in [7, 11) is -4.68. The molecule has 1 amide bonds. The van der Waals surface area contributed by atoms with Gasteiger partial charge in [-0.15, -0.1) is 0 Å². The predicted octanol–water partition coefficient (Wildman–Crippen LogP) is 1.57. The second kappa shape index (κ2) is 11.0. The summed E-state index contributed by atoms with van der Waals surface area (Å²) in [5, 5.41) is 2.98. The Hall–Kier alpha value is -0.760. The minimum Gasteiger partial charge on any atom is -0.808 e. The van der Waals surface area contributed by atoms with E-state index >= 15 is 0 Å². The molecular weight excluding hydrogens is 331 g/mol. The summed E-state index contributed by atoms with van der Waals surface area (Å²) in [4.78, 5) is 36.3. The molecule has 0 heterocycles. The fourth-order valence-electron chi connectivity index (χ4n) is 3.40. The van der Waals surface area contributed by atoms with Crippen molar-refractivity contribution in [3.05, 3.63) is 11.4 Å². The third-order valence-corrected chi connectivity index (χ3v) is 5.59. The zero-order chi connectivity index (χ0) is 16.9. The highest BCUT2D eigenvalue weighted by Gasteiger charge is 2.35. The van der Waals surface area contributed by atoms with Crippen molar-refractivity contribution in [2.24, 2.45) is 5.92 Å². The van der Waals surface area contributed by atoms with Gasteiger partial charge in [-0.05, 0) is 51.2 Å². The van der Waals surface area contributed by atoms with E-state index in [0.29, 0.717) is 6.42 Å². The Morgan fingerprint density at radius 1 is 1.33 bits per heavy atom. The molecule has 0 saturated heterocycles. The number of hydrogen-bond acceptors (Lipinski definition) is 5. The van der Waals surface area contributed by atoms with Gasteiger partial charge < -0.3 is 36.9 Å². The summed E-state index contributed by atoms with van der Waals surface area (Å²) in [6, 6.07) is -0.0541. The Morgan fingerprint density at radius 3 is 2.25 bits per heavy atom. The van der Waals surface area contributed by atoms with E-state index in [4.69, 9.17) is 0 Å². The molecule has 8 nitrogen and oxygen atoms in total. The molecular formula is C15H35N4O4P. The molecule has 1 aliphatic carbocycles. The van der Waals surface area contributed by atoms with E-state index in [1.165, 1.54) is 6.92 Å². The predicted molar refractivity (Wildman–Crippen MR) is 95.0 cm³/mol.